The van der Waals surface area contributed by atoms with Gasteiger partial charge >= 0.3 is 0 Å². The van der Waals surface area contributed by atoms with Crippen LogP contribution in [0.15, 0.2) is 18.2 Å². The molecule has 0 aromatic heterocycles. The first-order valence-electron chi connectivity index (χ1n) is 4.12. The van der Waals surface area contributed by atoms with Gasteiger partial charge < -0.3 is 5.32 Å². The number of hydrogen-bond donors (Lipinski definition) is 1. The quantitative estimate of drug-likeness (QED) is 0.776. The zero-order valence-corrected chi connectivity index (χ0v) is 8.74. The summed E-state index contributed by atoms with van der Waals surface area (Å²) >= 11 is 5.65. The van der Waals surface area contributed by atoms with Crippen LogP contribution in [0.25, 0.3) is 0 Å². The van der Waals surface area contributed by atoms with E-state index in [9.17, 15) is 4.39 Å². The molecule has 0 saturated carbocycles. The van der Waals surface area contributed by atoms with Crippen LogP contribution in [0.1, 0.15) is 19.4 Å². The lowest BCUT2D eigenvalue weighted by molar-refractivity contribution is 0.420. The molecule has 0 aliphatic heterocycles. The molecule has 0 heterocycles. The van der Waals surface area contributed by atoms with Crippen LogP contribution in [0.4, 0.5) is 4.39 Å². The Labute approximate surface area is 82.9 Å². The predicted octanol–water partition coefficient (Wildman–Crippen LogP) is 2.93. The monoisotopic (exact) mass is 201 g/mol. The fraction of sp³-hybridized carbons (Fsp3) is 0.400. The van der Waals surface area contributed by atoms with E-state index in [1.807, 2.05) is 13.8 Å². The number of benzene rings is 1. The fourth-order valence-corrected chi connectivity index (χ4v) is 1.29. The summed E-state index contributed by atoms with van der Waals surface area (Å²) in [5.74, 6) is -0.271. The Morgan fingerprint density at radius 3 is 2.46 bits per heavy atom. The Morgan fingerprint density at radius 2 is 2.00 bits per heavy atom. The highest BCUT2D eigenvalue weighted by molar-refractivity contribution is 6.30. The van der Waals surface area contributed by atoms with E-state index < -0.39 is 0 Å². The van der Waals surface area contributed by atoms with Crippen LogP contribution < -0.4 is 5.32 Å². The molecule has 1 nitrogen and oxygen atoms in total. The lowest BCUT2D eigenvalue weighted by atomic mass is 9.94. The van der Waals surface area contributed by atoms with Gasteiger partial charge in [0.2, 0.25) is 0 Å². The Balaban J connectivity index is 3.16. The molecule has 1 aromatic carbocycles. The SMILES string of the molecule is CNC(C)(C)c1ccc(Cl)cc1F. The minimum Gasteiger partial charge on any atom is -0.311 e. The molecule has 1 aromatic rings. The maximum atomic E-state index is 13.4. The van der Waals surface area contributed by atoms with E-state index in [2.05, 4.69) is 5.32 Å². The first-order chi connectivity index (χ1) is 5.97. The highest BCUT2D eigenvalue weighted by atomic mass is 35.5. The van der Waals surface area contributed by atoms with Gasteiger partial charge in [0.25, 0.3) is 0 Å². The Hall–Kier alpha value is -0.600. The maximum Gasteiger partial charge on any atom is 0.129 e. The van der Waals surface area contributed by atoms with E-state index in [1.165, 1.54) is 6.07 Å². The van der Waals surface area contributed by atoms with Crippen molar-refractivity contribution in [2.75, 3.05) is 7.05 Å². The van der Waals surface area contributed by atoms with Crippen molar-refractivity contribution in [2.45, 2.75) is 19.4 Å². The molecule has 0 unspecified atom stereocenters. The van der Waals surface area contributed by atoms with Crippen LogP contribution in [-0.2, 0) is 5.54 Å². The largest absolute Gasteiger partial charge is 0.311 e. The van der Waals surface area contributed by atoms with E-state index in [0.29, 0.717) is 10.6 Å². The van der Waals surface area contributed by atoms with Gasteiger partial charge in [-0.15, -0.1) is 0 Å². The molecule has 0 fully saturated rings. The summed E-state index contributed by atoms with van der Waals surface area (Å²) in [7, 11) is 1.80. The maximum absolute atomic E-state index is 13.4. The smallest absolute Gasteiger partial charge is 0.129 e. The molecule has 72 valence electrons. The van der Waals surface area contributed by atoms with Gasteiger partial charge in [0.15, 0.2) is 0 Å². The van der Waals surface area contributed by atoms with E-state index >= 15 is 0 Å². The Kier molecular flexibility index (Phi) is 2.94. The van der Waals surface area contributed by atoms with Gasteiger partial charge in [-0.2, -0.15) is 0 Å². The molecule has 0 bridgehead atoms. The van der Waals surface area contributed by atoms with E-state index in [4.69, 9.17) is 11.6 Å². The van der Waals surface area contributed by atoms with Crippen LogP contribution in [0.5, 0.6) is 0 Å². The van der Waals surface area contributed by atoms with Crippen molar-refractivity contribution >= 4 is 11.6 Å². The molecule has 1 N–H and O–H groups in total. The summed E-state index contributed by atoms with van der Waals surface area (Å²) in [6.45, 7) is 3.83. The number of rotatable bonds is 2. The van der Waals surface area contributed by atoms with E-state index in [0.717, 1.165) is 0 Å². The van der Waals surface area contributed by atoms with Crippen LogP contribution in [-0.4, -0.2) is 7.05 Å². The molecule has 0 atom stereocenters. The predicted molar refractivity (Wildman–Crippen MR) is 53.5 cm³/mol. The molecule has 0 radical (unpaired) electrons. The van der Waals surface area contributed by atoms with Gasteiger partial charge in [0.05, 0.1) is 0 Å². The Morgan fingerprint density at radius 1 is 1.38 bits per heavy atom. The summed E-state index contributed by atoms with van der Waals surface area (Å²) < 4.78 is 13.4. The summed E-state index contributed by atoms with van der Waals surface area (Å²) in [5, 5.41) is 3.46. The number of nitrogens with one attached hydrogen (secondary N) is 1. The minimum absolute atomic E-state index is 0.271. The molecule has 3 heteroatoms. The minimum atomic E-state index is -0.366. The second-order valence-corrected chi connectivity index (χ2v) is 3.94. The molecule has 0 saturated heterocycles. The number of hydrogen-bond acceptors (Lipinski definition) is 1. The third-order valence-corrected chi connectivity index (χ3v) is 2.46. The summed E-state index contributed by atoms with van der Waals surface area (Å²) in [5.41, 5.74) is 0.258. The van der Waals surface area contributed by atoms with Crippen molar-refractivity contribution in [3.05, 3.63) is 34.6 Å². The van der Waals surface area contributed by atoms with Gasteiger partial charge in [0, 0.05) is 16.1 Å². The first kappa shape index (κ1) is 10.5. The van der Waals surface area contributed by atoms with Gasteiger partial charge in [-0.05, 0) is 33.0 Å². The topological polar surface area (TPSA) is 12.0 Å². The van der Waals surface area contributed by atoms with Crippen molar-refractivity contribution in [1.29, 1.82) is 0 Å². The van der Waals surface area contributed by atoms with Crippen LogP contribution in [0, 0.1) is 5.82 Å². The highest BCUT2D eigenvalue weighted by Crippen LogP contribution is 2.24. The molecule has 1 rings (SSSR count). The van der Waals surface area contributed by atoms with Gasteiger partial charge in [-0.3, -0.25) is 0 Å². The van der Waals surface area contributed by atoms with Gasteiger partial charge in [-0.1, -0.05) is 17.7 Å². The zero-order valence-electron chi connectivity index (χ0n) is 7.99. The lowest BCUT2D eigenvalue weighted by Crippen LogP contribution is -2.34. The van der Waals surface area contributed by atoms with Crippen molar-refractivity contribution in [3.8, 4) is 0 Å². The molecular weight excluding hydrogens is 189 g/mol. The normalized spacial score (nSPS) is 11.8. The summed E-state index contributed by atoms with van der Waals surface area (Å²) in [6.07, 6.45) is 0. The molecule has 0 amide bonds. The third-order valence-electron chi connectivity index (χ3n) is 2.23. The second kappa shape index (κ2) is 3.64. The first-order valence-corrected chi connectivity index (χ1v) is 4.49. The molecule has 13 heavy (non-hydrogen) atoms. The zero-order chi connectivity index (χ0) is 10.1. The van der Waals surface area contributed by atoms with Crippen LogP contribution >= 0.6 is 11.6 Å². The summed E-state index contributed by atoms with van der Waals surface area (Å²) in [4.78, 5) is 0. The standard InChI is InChI=1S/C10H13ClFN/c1-10(2,13-3)8-5-4-7(11)6-9(8)12/h4-6,13H,1-3H3. The third kappa shape index (κ3) is 2.20. The van der Waals surface area contributed by atoms with Gasteiger partial charge in [0.1, 0.15) is 5.82 Å². The van der Waals surface area contributed by atoms with Crippen molar-refractivity contribution < 1.29 is 4.39 Å². The average molecular weight is 202 g/mol. The van der Waals surface area contributed by atoms with Crippen LogP contribution in [0.3, 0.4) is 0 Å². The Bertz CT molecular complexity index is 310. The summed E-state index contributed by atoms with van der Waals surface area (Å²) in [6, 6.07) is 4.73. The van der Waals surface area contributed by atoms with E-state index in [-0.39, 0.29) is 11.4 Å². The van der Waals surface area contributed by atoms with Gasteiger partial charge in [-0.25, -0.2) is 4.39 Å². The molecule has 0 aliphatic rings. The highest BCUT2D eigenvalue weighted by Gasteiger charge is 2.21. The average Bonchev–Trinajstić information content (AvgIpc) is 2.03. The molecule has 0 spiro atoms. The van der Waals surface area contributed by atoms with Crippen molar-refractivity contribution in [1.82, 2.24) is 5.32 Å². The molecular formula is C10H13ClFN. The molecule has 0 aliphatic carbocycles. The van der Waals surface area contributed by atoms with Crippen molar-refractivity contribution in [3.63, 3.8) is 0 Å². The van der Waals surface area contributed by atoms with E-state index in [1.54, 1.807) is 19.2 Å². The lowest BCUT2D eigenvalue weighted by Gasteiger charge is -2.25. The van der Waals surface area contributed by atoms with Crippen molar-refractivity contribution in [2.24, 2.45) is 0 Å². The second-order valence-electron chi connectivity index (χ2n) is 3.50. The fourth-order valence-electron chi connectivity index (χ4n) is 1.13. The van der Waals surface area contributed by atoms with Crippen LogP contribution in [0.2, 0.25) is 5.02 Å². The number of halogens is 2.